The van der Waals surface area contributed by atoms with Gasteiger partial charge in [0.05, 0.1) is 17.0 Å². The van der Waals surface area contributed by atoms with Gasteiger partial charge in [0.15, 0.2) is 0 Å². The maximum atomic E-state index is 9.46. The second-order valence-electron chi connectivity index (χ2n) is 4.80. The van der Waals surface area contributed by atoms with E-state index >= 15 is 0 Å². The number of aromatic amines is 2. The normalized spacial score (nSPS) is 10.9. The Morgan fingerprint density at radius 2 is 1.60 bits per heavy atom. The molecule has 0 atom stereocenters. The van der Waals surface area contributed by atoms with Crippen LogP contribution in [0.1, 0.15) is 5.56 Å². The Bertz CT molecular complexity index is 934. The van der Waals surface area contributed by atoms with E-state index < -0.39 is 0 Å². The number of aromatic nitrogens is 2. The van der Waals surface area contributed by atoms with Gasteiger partial charge in [0.25, 0.3) is 0 Å². The molecule has 0 amide bonds. The average molecular weight is 257 g/mol. The Hall–Kier alpha value is -2.99. The number of rotatable bonds is 1. The molecule has 2 heterocycles. The summed E-state index contributed by atoms with van der Waals surface area (Å²) >= 11 is 0. The lowest BCUT2D eigenvalue weighted by Gasteiger charge is -1.93. The molecule has 3 heteroatoms. The molecule has 2 aromatic carbocycles. The van der Waals surface area contributed by atoms with Crippen molar-refractivity contribution in [2.75, 3.05) is 0 Å². The molecule has 0 fully saturated rings. The van der Waals surface area contributed by atoms with E-state index in [0.717, 1.165) is 33.2 Å². The van der Waals surface area contributed by atoms with Crippen LogP contribution in [0.4, 0.5) is 0 Å². The molecule has 0 unspecified atom stereocenters. The van der Waals surface area contributed by atoms with Crippen molar-refractivity contribution in [3.05, 3.63) is 60.2 Å². The molecular weight excluding hydrogens is 246 g/mol. The second-order valence-corrected chi connectivity index (χ2v) is 4.80. The van der Waals surface area contributed by atoms with Gasteiger partial charge in [-0.1, -0.05) is 36.4 Å². The highest BCUT2D eigenvalue weighted by Gasteiger charge is 2.14. The molecule has 0 aliphatic rings. The molecule has 0 aliphatic heterocycles. The number of hydrogen-bond acceptors (Lipinski definition) is 1. The van der Waals surface area contributed by atoms with Crippen LogP contribution in [0.5, 0.6) is 0 Å². The molecular formula is C17H11N3. The van der Waals surface area contributed by atoms with Gasteiger partial charge in [-0.2, -0.15) is 5.26 Å². The first-order chi connectivity index (χ1) is 9.86. The first-order valence-electron chi connectivity index (χ1n) is 6.46. The zero-order valence-corrected chi connectivity index (χ0v) is 10.6. The van der Waals surface area contributed by atoms with Crippen molar-refractivity contribution in [3.63, 3.8) is 0 Å². The number of nitriles is 1. The molecule has 2 N–H and O–H groups in total. The van der Waals surface area contributed by atoms with Crippen LogP contribution in [0.25, 0.3) is 33.2 Å². The van der Waals surface area contributed by atoms with Crippen LogP contribution in [0.3, 0.4) is 0 Å². The van der Waals surface area contributed by atoms with E-state index in [4.69, 9.17) is 0 Å². The highest BCUT2D eigenvalue weighted by molar-refractivity contribution is 5.95. The summed E-state index contributed by atoms with van der Waals surface area (Å²) in [5.74, 6) is 0. The van der Waals surface area contributed by atoms with Gasteiger partial charge in [0.2, 0.25) is 0 Å². The van der Waals surface area contributed by atoms with Crippen molar-refractivity contribution < 1.29 is 0 Å². The van der Waals surface area contributed by atoms with Crippen molar-refractivity contribution >= 4 is 21.8 Å². The second kappa shape index (κ2) is 4.01. The third-order valence-electron chi connectivity index (χ3n) is 3.62. The zero-order valence-electron chi connectivity index (χ0n) is 10.6. The summed E-state index contributed by atoms with van der Waals surface area (Å²) in [6, 6.07) is 20.4. The van der Waals surface area contributed by atoms with Gasteiger partial charge in [-0.25, -0.2) is 0 Å². The van der Waals surface area contributed by atoms with Crippen LogP contribution >= 0.6 is 0 Å². The molecule has 0 spiro atoms. The van der Waals surface area contributed by atoms with Gasteiger partial charge in [-0.3, -0.25) is 0 Å². The van der Waals surface area contributed by atoms with E-state index in [2.05, 4.69) is 28.2 Å². The number of benzene rings is 2. The topological polar surface area (TPSA) is 55.4 Å². The summed E-state index contributed by atoms with van der Waals surface area (Å²) in [6.07, 6.45) is 0. The van der Waals surface area contributed by atoms with Crippen molar-refractivity contribution in [1.29, 1.82) is 5.26 Å². The van der Waals surface area contributed by atoms with E-state index in [1.54, 1.807) is 0 Å². The monoisotopic (exact) mass is 257 g/mol. The zero-order chi connectivity index (χ0) is 13.5. The molecule has 0 radical (unpaired) electrons. The molecule has 2 aromatic heterocycles. The lowest BCUT2D eigenvalue weighted by atomic mass is 10.1. The first kappa shape index (κ1) is 10.9. The lowest BCUT2D eigenvalue weighted by Crippen LogP contribution is -1.80. The van der Waals surface area contributed by atoms with Crippen LogP contribution in [-0.2, 0) is 0 Å². The van der Waals surface area contributed by atoms with Crippen LogP contribution in [0.15, 0.2) is 54.6 Å². The largest absolute Gasteiger partial charge is 0.353 e. The van der Waals surface area contributed by atoms with Gasteiger partial charge >= 0.3 is 0 Å². The maximum absolute atomic E-state index is 9.46. The predicted octanol–water partition coefficient (Wildman–Crippen LogP) is 4.19. The SMILES string of the molecule is N#Cc1c(-c2cc3ccccc3[nH]2)[nH]c2ccccc12. The minimum atomic E-state index is 0.687. The summed E-state index contributed by atoms with van der Waals surface area (Å²) < 4.78 is 0. The number of nitrogens with one attached hydrogen (secondary N) is 2. The fourth-order valence-electron chi connectivity index (χ4n) is 2.67. The number of fused-ring (bicyclic) bond motifs is 2. The highest BCUT2D eigenvalue weighted by atomic mass is 14.8. The van der Waals surface area contributed by atoms with Crippen LogP contribution < -0.4 is 0 Å². The number of para-hydroxylation sites is 2. The Morgan fingerprint density at radius 3 is 2.40 bits per heavy atom. The molecule has 94 valence electrons. The molecule has 3 nitrogen and oxygen atoms in total. The number of hydrogen-bond donors (Lipinski definition) is 2. The highest BCUT2D eigenvalue weighted by Crippen LogP contribution is 2.31. The minimum absolute atomic E-state index is 0.687. The van der Waals surface area contributed by atoms with Gasteiger partial charge in [-0.15, -0.1) is 0 Å². The fraction of sp³-hybridized carbons (Fsp3) is 0. The molecule has 0 saturated carbocycles. The van der Waals surface area contributed by atoms with E-state index in [1.807, 2.05) is 42.5 Å². The van der Waals surface area contributed by atoms with Crippen LogP contribution in [0.2, 0.25) is 0 Å². The van der Waals surface area contributed by atoms with Gasteiger partial charge in [0.1, 0.15) is 6.07 Å². The third-order valence-corrected chi connectivity index (χ3v) is 3.62. The number of H-pyrrole nitrogens is 2. The average Bonchev–Trinajstić information content (AvgIpc) is 3.07. The van der Waals surface area contributed by atoms with Gasteiger partial charge in [0, 0.05) is 21.8 Å². The van der Waals surface area contributed by atoms with E-state index in [-0.39, 0.29) is 0 Å². The summed E-state index contributed by atoms with van der Waals surface area (Å²) in [7, 11) is 0. The molecule has 0 saturated heterocycles. The van der Waals surface area contributed by atoms with Crippen molar-refractivity contribution in [1.82, 2.24) is 9.97 Å². The van der Waals surface area contributed by atoms with Crippen LogP contribution in [-0.4, -0.2) is 9.97 Å². The molecule has 0 bridgehead atoms. The van der Waals surface area contributed by atoms with E-state index in [0.29, 0.717) is 5.56 Å². The first-order valence-corrected chi connectivity index (χ1v) is 6.46. The van der Waals surface area contributed by atoms with Crippen LogP contribution in [0, 0.1) is 11.3 Å². The Kier molecular flexibility index (Phi) is 2.18. The summed E-state index contributed by atoms with van der Waals surface area (Å²) in [6.45, 7) is 0. The fourth-order valence-corrected chi connectivity index (χ4v) is 2.67. The molecule has 4 aromatic rings. The summed E-state index contributed by atoms with van der Waals surface area (Å²) in [4.78, 5) is 6.70. The van der Waals surface area contributed by atoms with E-state index in [9.17, 15) is 5.26 Å². The molecule has 0 aliphatic carbocycles. The van der Waals surface area contributed by atoms with Crippen molar-refractivity contribution in [2.24, 2.45) is 0 Å². The quantitative estimate of drug-likeness (QED) is 0.528. The van der Waals surface area contributed by atoms with Crippen molar-refractivity contribution in [3.8, 4) is 17.5 Å². The molecule has 4 rings (SSSR count). The predicted molar refractivity (Wildman–Crippen MR) is 80.3 cm³/mol. The summed E-state index contributed by atoms with van der Waals surface area (Å²) in [5.41, 5.74) is 4.54. The Balaban J connectivity index is 2.04. The van der Waals surface area contributed by atoms with Crippen molar-refractivity contribution in [2.45, 2.75) is 0 Å². The number of nitrogens with zero attached hydrogens (tertiary/aromatic N) is 1. The third kappa shape index (κ3) is 1.45. The van der Waals surface area contributed by atoms with Gasteiger partial charge < -0.3 is 9.97 Å². The smallest absolute Gasteiger partial charge is 0.102 e. The maximum Gasteiger partial charge on any atom is 0.102 e. The van der Waals surface area contributed by atoms with Gasteiger partial charge in [-0.05, 0) is 18.2 Å². The molecule has 20 heavy (non-hydrogen) atoms. The summed E-state index contributed by atoms with van der Waals surface area (Å²) in [5, 5.41) is 11.6. The Labute approximate surface area is 115 Å². The lowest BCUT2D eigenvalue weighted by molar-refractivity contribution is 1.36. The van der Waals surface area contributed by atoms with E-state index in [1.165, 1.54) is 0 Å². The minimum Gasteiger partial charge on any atom is -0.353 e. The standard InChI is InChI=1S/C17H11N3/c18-10-13-12-6-2-4-8-15(12)20-17(13)16-9-11-5-1-3-7-14(11)19-16/h1-9,19-20H. The Morgan fingerprint density at radius 1 is 0.850 bits per heavy atom.